The number of halogens is 1. The van der Waals surface area contributed by atoms with Crippen molar-refractivity contribution in [2.75, 3.05) is 19.3 Å². The lowest BCUT2D eigenvalue weighted by atomic mass is 10.3. The Bertz CT molecular complexity index is 197. The van der Waals surface area contributed by atoms with Gasteiger partial charge >= 0.3 is 0 Å². The summed E-state index contributed by atoms with van der Waals surface area (Å²) >= 11 is 0. The molecule has 0 bridgehead atoms. The van der Waals surface area contributed by atoms with Crippen LogP contribution >= 0.6 is 12.4 Å². The monoisotopic (exact) mass is 186 g/mol. The maximum atomic E-state index is 10.7. The molecule has 4 nitrogen and oxygen atoms in total. The molecule has 0 aromatic rings. The maximum absolute atomic E-state index is 10.7. The second kappa shape index (κ2) is 3.04. The standard InChI is InChI=1S/C4H10N2O2S.ClH/c1-9(7,8)4-2-6(5)3-4;/h4H,2-3,5H2,1H3;1H. The first-order chi connectivity index (χ1) is 4.00. The fourth-order valence-corrected chi connectivity index (χ4v) is 1.66. The van der Waals surface area contributed by atoms with Crippen LogP contribution in [0.5, 0.6) is 0 Å². The summed E-state index contributed by atoms with van der Waals surface area (Å²) in [7, 11) is -2.82. The van der Waals surface area contributed by atoms with E-state index in [-0.39, 0.29) is 17.7 Å². The molecule has 1 saturated heterocycles. The number of hydrogen-bond donors (Lipinski definition) is 1. The quantitative estimate of drug-likeness (QED) is 0.535. The Kier molecular flexibility index (Phi) is 3.09. The van der Waals surface area contributed by atoms with Crippen molar-refractivity contribution in [1.82, 2.24) is 5.01 Å². The molecule has 0 amide bonds. The molecule has 0 saturated carbocycles. The molecule has 0 atom stereocenters. The molecule has 10 heavy (non-hydrogen) atoms. The van der Waals surface area contributed by atoms with E-state index >= 15 is 0 Å². The predicted molar refractivity (Wildman–Crippen MR) is 41.6 cm³/mol. The average molecular weight is 187 g/mol. The highest BCUT2D eigenvalue weighted by atomic mass is 35.5. The number of nitrogens with zero attached hydrogens (tertiary/aromatic N) is 1. The molecule has 1 aliphatic heterocycles. The van der Waals surface area contributed by atoms with E-state index in [1.807, 2.05) is 0 Å². The SMILES string of the molecule is CS(=O)(=O)C1CN(N)C1.Cl. The second-order valence-corrected chi connectivity index (χ2v) is 4.73. The minimum absolute atomic E-state index is 0. The Hall–Kier alpha value is 0.160. The first-order valence-electron chi connectivity index (χ1n) is 2.68. The van der Waals surface area contributed by atoms with Crippen LogP contribution in [-0.2, 0) is 9.84 Å². The molecule has 1 fully saturated rings. The average Bonchev–Trinajstić information content (AvgIpc) is 1.55. The van der Waals surface area contributed by atoms with Crippen molar-refractivity contribution in [3.05, 3.63) is 0 Å². The van der Waals surface area contributed by atoms with Gasteiger partial charge in [-0.15, -0.1) is 12.4 Å². The summed E-state index contributed by atoms with van der Waals surface area (Å²) in [6.45, 7) is 0.970. The summed E-state index contributed by atoms with van der Waals surface area (Å²) in [4.78, 5) is 0. The van der Waals surface area contributed by atoms with Gasteiger partial charge in [0.25, 0.3) is 0 Å². The van der Waals surface area contributed by atoms with E-state index in [1.54, 1.807) is 0 Å². The third-order valence-corrected chi connectivity index (χ3v) is 2.99. The highest BCUT2D eigenvalue weighted by Gasteiger charge is 2.32. The predicted octanol–water partition coefficient (Wildman–Crippen LogP) is -0.989. The normalized spacial score (nSPS) is 21.4. The topological polar surface area (TPSA) is 63.4 Å². The van der Waals surface area contributed by atoms with Crippen LogP contribution in [0.15, 0.2) is 0 Å². The molecular formula is C4H11ClN2O2S. The van der Waals surface area contributed by atoms with Gasteiger partial charge in [-0.05, 0) is 0 Å². The molecule has 0 aromatic carbocycles. The Morgan fingerprint density at radius 1 is 1.50 bits per heavy atom. The van der Waals surface area contributed by atoms with Crippen LogP contribution < -0.4 is 5.84 Å². The van der Waals surface area contributed by atoms with Crippen LogP contribution in [0.2, 0.25) is 0 Å². The van der Waals surface area contributed by atoms with Gasteiger partial charge in [0.2, 0.25) is 0 Å². The summed E-state index contributed by atoms with van der Waals surface area (Å²) in [6, 6.07) is 0. The fraction of sp³-hybridized carbons (Fsp3) is 1.00. The van der Waals surface area contributed by atoms with Crippen LogP contribution in [0, 0.1) is 0 Å². The van der Waals surface area contributed by atoms with Crippen LogP contribution in [0.25, 0.3) is 0 Å². The smallest absolute Gasteiger partial charge is 0.152 e. The van der Waals surface area contributed by atoms with Crippen molar-refractivity contribution in [1.29, 1.82) is 0 Å². The number of sulfone groups is 1. The van der Waals surface area contributed by atoms with Crippen molar-refractivity contribution in [3.8, 4) is 0 Å². The van der Waals surface area contributed by atoms with Gasteiger partial charge in [0.05, 0.1) is 5.25 Å². The molecule has 0 spiro atoms. The molecule has 2 N–H and O–H groups in total. The first-order valence-corrected chi connectivity index (χ1v) is 4.64. The van der Waals surface area contributed by atoms with Crippen molar-refractivity contribution in [3.63, 3.8) is 0 Å². The second-order valence-electron chi connectivity index (χ2n) is 2.41. The van der Waals surface area contributed by atoms with Gasteiger partial charge in [0, 0.05) is 19.3 Å². The van der Waals surface area contributed by atoms with Crippen LogP contribution in [0.4, 0.5) is 0 Å². The van der Waals surface area contributed by atoms with Crippen molar-refractivity contribution in [2.24, 2.45) is 5.84 Å². The molecule has 6 heteroatoms. The van der Waals surface area contributed by atoms with Crippen LogP contribution in [-0.4, -0.2) is 38.0 Å². The van der Waals surface area contributed by atoms with Gasteiger partial charge < -0.3 is 0 Å². The van der Waals surface area contributed by atoms with Crippen molar-refractivity contribution >= 4 is 22.2 Å². The zero-order chi connectivity index (χ0) is 7.07. The molecular weight excluding hydrogens is 176 g/mol. The van der Waals surface area contributed by atoms with E-state index in [9.17, 15) is 8.42 Å². The maximum Gasteiger partial charge on any atom is 0.152 e. The number of nitrogens with two attached hydrogens (primary N) is 1. The van der Waals surface area contributed by atoms with E-state index in [1.165, 1.54) is 11.3 Å². The summed E-state index contributed by atoms with van der Waals surface area (Å²) < 4.78 is 21.4. The molecule has 0 aromatic heterocycles. The molecule has 0 aliphatic carbocycles. The lowest BCUT2D eigenvalue weighted by molar-refractivity contribution is 0.190. The molecule has 1 aliphatic rings. The Morgan fingerprint density at radius 3 is 2.00 bits per heavy atom. The minimum atomic E-state index is -2.82. The Morgan fingerprint density at radius 2 is 1.90 bits per heavy atom. The molecule has 0 radical (unpaired) electrons. The van der Waals surface area contributed by atoms with Gasteiger partial charge in [-0.25, -0.2) is 13.4 Å². The van der Waals surface area contributed by atoms with Crippen LogP contribution in [0.3, 0.4) is 0 Å². The molecule has 0 unspecified atom stereocenters. The lowest BCUT2D eigenvalue weighted by Gasteiger charge is -2.33. The summed E-state index contributed by atoms with van der Waals surface area (Å²) in [5, 5.41) is 1.27. The molecule has 1 heterocycles. The number of hydrogen-bond acceptors (Lipinski definition) is 4. The molecule has 62 valence electrons. The van der Waals surface area contributed by atoms with E-state index in [4.69, 9.17) is 5.84 Å². The third kappa shape index (κ3) is 2.09. The summed E-state index contributed by atoms with van der Waals surface area (Å²) in [5.74, 6) is 5.23. The van der Waals surface area contributed by atoms with Gasteiger partial charge in [-0.3, -0.25) is 5.84 Å². The number of hydrazine groups is 1. The van der Waals surface area contributed by atoms with E-state index < -0.39 is 9.84 Å². The van der Waals surface area contributed by atoms with Gasteiger partial charge in [0.15, 0.2) is 9.84 Å². The Labute approximate surface area is 66.7 Å². The highest BCUT2D eigenvalue weighted by Crippen LogP contribution is 2.10. The van der Waals surface area contributed by atoms with E-state index in [0.717, 1.165) is 0 Å². The minimum Gasteiger partial charge on any atom is -0.269 e. The van der Waals surface area contributed by atoms with Gasteiger partial charge in [-0.1, -0.05) is 0 Å². The molecule has 1 rings (SSSR count). The van der Waals surface area contributed by atoms with Gasteiger partial charge in [-0.2, -0.15) is 0 Å². The van der Waals surface area contributed by atoms with Crippen LogP contribution in [0.1, 0.15) is 0 Å². The largest absolute Gasteiger partial charge is 0.269 e. The highest BCUT2D eigenvalue weighted by molar-refractivity contribution is 7.91. The first kappa shape index (κ1) is 10.2. The lowest BCUT2D eigenvalue weighted by Crippen LogP contribution is -2.57. The Balaban J connectivity index is 0.000000810. The number of rotatable bonds is 1. The zero-order valence-electron chi connectivity index (χ0n) is 5.65. The van der Waals surface area contributed by atoms with Crippen molar-refractivity contribution < 1.29 is 8.42 Å². The van der Waals surface area contributed by atoms with E-state index in [2.05, 4.69) is 0 Å². The fourth-order valence-electron chi connectivity index (χ4n) is 0.740. The van der Waals surface area contributed by atoms with Gasteiger partial charge in [0.1, 0.15) is 0 Å². The summed E-state index contributed by atoms with van der Waals surface area (Å²) in [6.07, 6.45) is 1.24. The van der Waals surface area contributed by atoms with E-state index in [0.29, 0.717) is 13.1 Å². The van der Waals surface area contributed by atoms with Crippen molar-refractivity contribution in [2.45, 2.75) is 5.25 Å². The zero-order valence-corrected chi connectivity index (χ0v) is 7.28. The summed E-state index contributed by atoms with van der Waals surface area (Å²) in [5.41, 5.74) is 0. The third-order valence-electron chi connectivity index (χ3n) is 1.48.